The molecule has 1 fully saturated rings. The van der Waals surface area contributed by atoms with Crippen LogP contribution in [-0.4, -0.2) is 48.7 Å². The number of hydrogen-bond acceptors (Lipinski definition) is 4. The van der Waals surface area contributed by atoms with E-state index in [0.29, 0.717) is 12.3 Å². The van der Waals surface area contributed by atoms with Crippen molar-refractivity contribution in [1.82, 2.24) is 10.6 Å². The number of nitrogens with one attached hydrogen (secondary N) is 2. The number of alkyl carbamates (subject to hydrolysis) is 1. The normalized spacial score (nSPS) is 15.7. The molecule has 34 heavy (non-hydrogen) atoms. The number of hydrogen-bond donors (Lipinski definition) is 3. The van der Waals surface area contributed by atoms with Gasteiger partial charge >= 0.3 is 18.0 Å². The lowest BCUT2D eigenvalue weighted by Gasteiger charge is -2.19. The van der Waals surface area contributed by atoms with Crippen molar-refractivity contribution in [3.8, 4) is 11.1 Å². The third kappa shape index (κ3) is 5.35. The number of benzene rings is 2. The number of carboxylic acids is 1. The number of alkyl halides is 2. The SMILES string of the molecule is O=C(NCC(CC1CC1)C(=O)NCC(F)(F)C(=O)O)OCC1c2ccccc2-c2ccccc21. The largest absolute Gasteiger partial charge is 0.477 e. The zero-order chi connectivity index (χ0) is 24.3. The van der Waals surface area contributed by atoms with Crippen LogP contribution in [0, 0.1) is 11.8 Å². The van der Waals surface area contributed by atoms with Gasteiger partial charge in [0.2, 0.25) is 5.91 Å². The minimum atomic E-state index is -4.06. The lowest BCUT2D eigenvalue weighted by atomic mass is 9.98. The number of carbonyl (C=O) groups excluding carboxylic acids is 2. The van der Waals surface area contributed by atoms with Crippen LogP contribution >= 0.6 is 0 Å². The van der Waals surface area contributed by atoms with Crippen molar-refractivity contribution in [2.45, 2.75) is 31.1 Å². The van der Waals surface area contributed by atoms with E-state index in [9.17, 15) is 23.2 Å². The van der Waals surface area contributed by atoms with Crippen molar-refractivity contribution in [1.29, 1.82) is 0 Å². The summed E-state index contributed by atoms with van der Waals surface area (Å²) in [6, 6.07) is 15.9. The van der Waals surface area contributed by atoms with Crippen molar-refractivity contribution in [3.63, 3.8) is 0 Å². The van der Waals surface area contributed by atoms with Crippen LogP contribution in [0.1, 0.15) is 36.3 Å². The number of fused-ring (bicyclic) bond motifs is 3. The van der Waals surface area contributed by atoms with Gasteiger partial charge in [-0.15, -0.1) is 0 Å². The summed E-state index contributed by atoms with van der Waals surface area (Å²) < 4.78 is 32.1. The fraction of sp³-hybridized carbons (Fsp3) is 0.400. The Morgan fingerprint density at radius 3 is 2.15 bits per heavy atom. The highest BCUT2D eigenvalue weighted by atomic mass is 19.3. The summed E-state index contributed by atoms with van der Waals surface area (Å²) in [5.74, 6) is -7.64. The number of carboxylic acid groups (broad SMARTS) is 1. The maximum absolute atomic E-state index is 13.3. The molecule has 4 rings (SSSR count). The van der Waals surface area contributed by atoms with Crippen LogP contribution in [0.5, 0.6) is 0 Å². The smallest absolute Gasteiger partial charge is 0.407 e. The first-order valence-electron chi connectivity index (χ1n) is 11.2. The molecule has 180 valence electrons. The van der Waals surface area contributed by atoms with Crippen molar-refractivity contribution >= 4 is 18.0 Å². The summed E-state index contributed by atoms with van der Waals surface area (Å²) in [6.07, 6.45) is 1.58. The zero-order valence-electron chi connectivity index (χ0n) is 18.4. The second kappa shape index (κ2) is 9.79. The van der Waals surface area contributed by atoms with Crippen molar-refractivity contribution in [2.24, 2.45) is 11.8 Å². The number of aliphatic carboxylic acids is 1. The highest BCUT2D eigenvalue weighted by Gasteiger charge is 2.40. The van der Waals surface area contributed by atoms with Crippen LogP contribution < -0.4 is 10.6 Å². The summed E-state index contributed by atoms with van der Waals surface area (Å²) in [4.78, 5) is 35.4. The predicted molar refractivity (Wildman–Crippen MR) is 119 cm³/mol. The molecular weight excluding hydrogens is 446 g/mol. The average Bonchev–Trinajstić information content (AvgIpc) is 3.59. The summed E-state index contributed by atoms with van der Waals surface area (Å²) in [7, 11) is 0. The molecule has 2 aromatic carbocycles. The monoisotopic (exact) mass is 472 g/mol. The fourth-order valence-corrected chi connectivity index (χ4v) is 4.31. The molecule has 2 aliphatic rings. The molecule has 1 atom stereocenters. The molecule has 0 saturated heterocycles. The molecule has 9 heteroatoms. The second-order valence-corrected chi connectivity index (χ2v) is 8.81. The van der Waals surface area contributed by atoms with E-state index in [1.807, 2.05) is 53.8 Å². The first-order valence-corrected chi connectivity index (χ1v) is 11.2. The number of carbonyl (C=O) groups is 3. The van der Waals surface area contributed by atoms with Crippen LogP contribution in [0.2, 0.25) is 0 Å². The maximum Gasteiger partial charge on any atom is 0.407 e. The highest BCUT2D eigenvalue weighted by Crippen LogP contribution is 2.44. The van der Waals surface area contributed by atoms with E-state index in [1.165, 1.54) is 0 Å². The van der Waals surface area contributed by atoms with E-state index in [-0.39, 0.29) is 19.1 Å². The van der Waals surface area contributed by atoms with Crippen LogP contribution in [-0.2, 0) is 14.3 Å². The Kier molecular flexibility index (Phi) is 6.81. The van der Waals surface area contributed by atoms with Gasteiger partial charge in [0, 0.05) is 12.5 Å². The van der Waals surface area contributed by atoms with E-state index in [4.69, 9.17) is 9.84 Å². The summed E-state index contributed by atoms with van der Waals surface area (Å²) in [5.41, 5.74) is 4.35. The van der Waals surface area contributed by atoms with Gasteiger partial charge in [-0.1, -0.05) is 61.4 Å². The average molecular weight is 472 g/mol. The number of amides is 2. The Bertz CT molecular complexity index is 1040. The molecule has 2 amide bonds. The van der Waals surface area contributed by atoms with Gasteiger partial charge in [0.05, 0.1) is 12.5 Å². The topological polar surface area (TPSA) is 105 Å². The first-order chi connectivity index (χ1) is 16.3. The molecule has 0 bridgehead atoms. The van der Waals surface area contributed by atoms with E-state index < -0.39 is 36.4 Å². The predicted octanol–water partition coefficient (Wildman–Crippen LogP) is 3.78. The molecule has 0 aromatic heterocycles. The second-order valence-electron chi connectivity index (χ2n) is 8.81. The van der Waals surface area contributed by atoms with E-state index >= 15 is 0 Å². The summed E-state index contributed by atoms with van der Waals surface area (Å²) in [5, 5.41) is 13.1. The van der Waals surface area contributed by atoms with E-state index in [1.54, 1.807) is 0 Å². The van der Waals surface area contributed by atoms with Crippen molar-refractivity contribution < 1.29 is 33.0 Å². The van der Waals surface area contributed by atoms with Gasteiger partial charge in [0.15, 0.2) is 0 Å². The molecule has 0 radical (unpaired) electrons. The molecule has 2 aromatic rings. The Hall–Kier alpha value is -3.49. The minimum absolute atomic E-state index is 0.0857. The molecular formula is C25H26F2N2O5. The molecule has 0 spiro atoms. The summed E-state index contributed by atoms with van der Waals surface area (Å²) >= 11 is 0. The van der Waals surface area contributed by atoms with Crippen LogP contribution in [0.4, 0.5) is 13.6 Å². The van der Waals surface area contributed by atoms with Gasteiger partial charge in [-0.2, -0.15) is 8.78 Å². The Morgan fingerprint density at radius 2 is 1.59 bits per heavy atom. The zero-order valence-corrected chi connectivity index (χ0v) is 18.4. The molecule has 7 nitrogen and oxygen atoms in total. The maximum atomic E-state index is 13.3. The van der Waals surface area contributed by atoms with Crippen LogP contribution in [0.3, 0.4) is 0 Å². The third-order valence-corrected chi connectivity index (χ3v) is 6.32. The Balaban J connectivity index is 1.32. The quantitative estimate of drug-likeness (QED) is 0.488. The fourth-order valence-electron chi connectivity index (χ4n) is 4.31. The number of rotatable bonds is 10. The standard InChI is InChI=1S/C25H26F2N2O5/c26-25(27,23(31)32)14-29-22(30)16(11-15-9-10-15)12-28-24(33)34-13-21-19-7-3-1-5-17(19)18-6-2-4-8-20(18)21/h1-8,15-16,21H,9-14H2,(H,28,33)(H,29,30)(H,31,32). The number of halogens is 2. The Labute approximate surface area is 195 Å². The van der Waals surface area contributed by atoms with Crippen LogP contribution in [0.15, 0.2) is 48.5 Å². The number of ether oxygens (including phenoxy) is 1. The van der Waals surface area contributed by atoms with Gasteiger partial charge in [-0.3, -0.25) is 4.79 Å². The summed E-state index contributed by atoms with van der Waals surface area (Å²) in [6.45, 7) is -1.27. The first kappa shape index (κ1) is 23.7. The molecule has 0 aliphatic heterocycles. The van der Waals surface area contributed by atoms with Crippen molar-refractivity contribution in [3.05, 3.63) is 59.7 Å². The van der Waals surface area contributed by atoms with E-state index in [0.717, 1.165) is 35.1 Å². The van der Waals surface area contributed by atoms with Gasteiger partial charge in [0.1, 0.15) is 6.61 Å². The molecule has 2 aliphatic carbocycles. The van der Waals surface area contributed by atoms with Gasteiger partial charge < -0.3 is 20.5 Å². The van der Waals surface area contributed by atoms with Gasteiger partial charge in [0.25, 0.3) is 0 Å². The van der Waals surface area contributed by atoms with E-state index in [2.05, 4.69) is 5.32 Å². The highest BCUT2D eigenvalue weighted by molar-refractivity contribution is 5.82. The van der Waals surface area contributed by atoms with Gasteiger partial charge in [-0.05, 0) is 34.6 Å². The molecule has 1 saturated carbocycles. The lowest BCUT2D eigenvalue weighted by molar-refractivity contribution is -0.164. The molecule has 0 heterocycles. The third-order valence-electron chi connectivity index (χ3n) is 6.32. The van der Waals surface area contributed by atoms with Crippen LogP contribution in [0.25, 0.3) is 11.1 Å². The lowest BCUT2D eigenvalue weighted by Crippen LogP contribution is -2.46. The molecule has 3 N–H and O–H groups in total. The van der Waals surface area contributed by atoms with Crippen molar-refractivity contribution in [2.75, 3.05) is 19.7 Å². The minimum Gasteiger partial charge on any atom is -0.477 e. The molecule has 1 unspecified atom stereocenters. The van der Waals surface area contributed by atoms with Gasteiger partial charge in [-0.25, -0.2) is 9.59 Å². The Morgan fingerprint density at radius 1 is 1.00 bits per heavy atom.